The number of carbonyl (C=O) groups is 1. The molecule has 0 aromatic carbocycles. The molecule has 0 bridgehead atoms. The molecular weight excluding hydrogens is 675 g/mol. The number of unbranched alkanes of at least 4 members (excludes halogenated alkanes) is 38. The molecule has 0 heterocycles. The van der Waals surface area contributed by atoms with E-state index < -0.39 is 12.1 Å². The van der Waals surface area contributed by atoms with Gasteiger partial charge in [0.2, 0.25) is 5.91 Å². The number of carbonyl (C=O) groups excluding carboxylic acids is 1. The van der Waals surface area contributed by atoms with Crippen LogP contribution in [0.4, 0.5) is 0 Å². The van der Waals surface area contributed by atoms with Gasteiger partial charge in [0.05, 0.1) is 18.8 Å². The van der Waals surface area contributed by atoms with E-state index in [1.807, 2.05) is 0 Å². The first-order valence-electron chi connectivity index (χ1n) is 25.4. The normalized spacial score (nSPS) is 12.9. The molecule has 3 N–H and O–H groups in total. The monoisotopic (exact) mass is 776 g/mol. The van der Waals surface area contributed by atoms with Gasteiger partial charge in [-0.15, -0.1) is 0 Å². The quantitative estimate of drug-likeness (QED) is 0.0426. The van der Waals surface area contributed by atoms with Crippen molar-refractivity contribution in [1.29, 1.82) is 0 Å². The smallest absolute Gasteiger partial charge is 0.220 e. The molecule has 2 unspecified atom stereocenters. The summed E-state index contributed by atoms with van der Waals surface area (Å²) in [4.78, 5) is 12.4. The molecule has 0 saturated heterocycles. The molecule has 0 saturated carbocycles. The Kier molecular flexibility index (Phi) is 46.8. The van der Waals surface area contributed by atoms with Gasteiger partial charge in [-0.25, -0.2) is 0 Å². The van der Waals surface area contributed by atoms with E-state index in [9.17, 15) is 15.0 Å². The lowest BCUT2D eigenvalue weighted by atomic mass is 10.0. The number of hydrogen-bond acceptors (Lipinski definition) is 3. The summed E-state index contributed by atoms with van der Waals surface area (Å²) in [5.74, 6) is -0.0316. The highest BCUT2D eigenvalue weighted by molar-refractivity contribution is 5.76. The van der Waals surface area contributed by atoms with Gasteiger partial charge in [0.1, 0.15) is 0 Å². The molecule has 0 aliphatic carbocycles. The van der Waals surface area contributed by atoms with Gasteiger partial charge in [-0.2, -0.15) is 0 Å². The number of allylic oxidation sites excluding steroid dienone is 2. The van der Waals surface area contributed by atoms with Crippen LogP contribution in [0.3, 0.4) is 0 Å². The number of aliphatic hydroxyl groups is 2. The van der Waals surface area contributed by atoms with E-state index in [-0.39, 0.29) is 12.5 Å². The summed E-state index contributed by atoms with van der Waals surface area (Å²) in [7, 11) is 0. The van der Waals surface area contributed by atoms with Crippen LogP contribution in [-0.4, -0.2) is 34.9 Å². The van der Waals surface area contributed by atoms with Gasteiger partial charge < -0.3 is 15.5 Å². The van der Waals surface area contributed by atoms with Crippen molar-refractivity contribution in [2.75, 3.05) is 6.61 Å². The minimum Gasteiger partial charge on any atom is -0.394 e. The highest BCUT2D eigenvalue weighted by Gasteiger charge is 2.20. The lowest BCUT2D eigenvalue weighted by Crippen LogP contribution is -2.45. The molecule has 4 nitrogen and oxygen atoms in total. The average molecular weight is 776 g/mol. The third-order valence-corrected chi connectivity index (χ3v) is 12.0. The van der Waals surface area contributed by atoms with Crippen LogP contribution in [-0.2, 0) is 4.79 Å². The molecule has 0 aliphatic rings. The van der Waals surface area contributed by atoms with Crippen LogP contribution in [0.2, 0.25) is 0 Å². The van der Waals surface area contributed by atoms with E-state index in [0.29, 0.717) is 12.8 Å². The van der Waals surface area contributed by atoms with Gasteiger partial charge in [-0.1, -0.05) is 257 Å². The first kappa shape index (κ1) is 54.1. The standard InChI is InChI=1S/C51H101NO3/c1-3-5-7-9-11-13-15-17-19-21-22-23-24-25-26-27-28-29-31-32-34-36-38-40-42-44-46-50(54)49(48-53)52-51(55)47-45-43-41-39-37-35-33-30-20-18-16-14-12-10-8-6-4-2/h18,20,49-50,53-54H,3-17,19,21-48H2,1-2H3,(H,52,55)/b20-18-. The van der Waals surface area contributed by atoms with Crippen molar-refractivity contribution in [3.05, 3.63) is 12.2 Å². The molecule has 0 radical (unpaired) electrons. The Morgan fingerprint density at radius 1 is 0.418 bits per heavy atom. The summed E-state index contributed by atoms with van der Waals surface area (Å²) in [5, 5.41) is 23.3. The Balaban J connectivity index is 3.43. The Morgan fingerprint density at radius 2 is 0.691 bits per heavy atom. The maximum Gasteiger partial charge on any atom is 0.220 e. The lowest BCUT2D eigenvalue weighted by molar-refractivity contribution is -0.123. The SMILES string of the molecule is CCCCCCCC/C=C\CCCCCCCCCC(=O)NC(CO)C(O)CCCCCCCCCCCCCCCCCCCCCCCCCCCC. The van der Waals surface area contributed by atoms with E-state index in [4.69, 9.17) is 0 Å². The first-order valence-corrected chi connectivity index (χ1v) is 25.4. The summed E-state index contributed by atoms with van der Waals surface area (Å²) < 4.78 is 0. The number of amides is 1. The summed E-state index contributed by atoms with van der Waals surface area (Å²) in [6.45, 7) is 4.38. The average Bonchev–Trinajstić information content (AvgIpc) is 3.19. The molecule has 1 amide bonds. The predicted octanol–water partition coefficient (Wildman–Crippen LogP) is 16.2. The Bertz CT molecular complexity index is 754. The fourth-order valence-corrected chi connectivity index (χ4v) is 8.12. The van der Waals surface area contributed by atoms with Crippen LogP contribution >= 0.6 is 0 Å². The lowest BCUT2D eigenvalue weighted by Gasteiger charge is -2.22. The number of aliphatic hydroxyl groups excluding tert-OH is 2. The minimum absolute atomic E-state index is 0.0316. The minimum atomic E-state index is -0.659. The van der Waals surface area contributed by atoms with E-state index >= 15 is 0 Å². The van der Waals surface area contributed by atoms with Crippen LogP contribution in [0.25, 0.3) is 0 Å². The fourth-order valence-electron chi connectivity index (χ4n) is 8.12. The van der Waals surface area contributed by atoms with Crippen LogP contribution in [0.5, 0.6) is 0 Å². The topological polar surface area (TPSA) is 69.6 Å². The van der Waals surface area contributed by atoms with Crippen LogP contribution in [0, 0.1) is 0 Å². The summed E-state index contributed by atoms with van der Waals surface area (Å²) >= 11 is 0. The molecule has 0 fully saturated rings. The molecule has 0 aliphatic heterocycles. The van der Waals surface area contributed by atoms with Gasteiger partial charge in [-0.05, 0) is 38.5 Å². The number of hydrogen-bond donors (Lipinski definition) is 3. The maximum absolute atomic E-state index is 12.4. The second kappa shape index (κ2) is 47.5. The molecule has 0 spiro atoms. The fraction of sp³-hybridized carbons (Fsp3) is 0.941. The van der Waals surface area contributed by atoms with Crippen LogP contribution < -0.4 is 5.32 Å². The molecule has 55 heavy (non-hydrogen) atoms. The van der Waals surface area contributed by atoms with Crippen LogP contribution in [0.15, 0.2) is 12.2 Å². The van der Waals surface area contributed by atoms with Crippen LogP contribution in [0.1, 0.15) is 290 Å². The van der Waals surface area contributed by atoms with Crippen molar-refractivity contribution in [2.45, 2.75) is 302 Å². The summed E-state index contributed by atoms with van der Waals surface area (Å²) in [6.07, 6.45) is 60.3. The predicted molar refractivity (Wildman–Crippen MR) is 244 cm³/mol. The van der Waals surface area contributed by atoms with Crippen molar-refractivity contribution in [3.63, 3.8) is 0 Å². The largest absolute Gasteiger partial charge is 0.394 e. The summed E-state index contributed by atoms with van der Waals surface area (Å²) in [5.41, 5.74) is 0. The third-order valence-electron chi connectivity index (χ3n) is 12.0. The van der Waals surface area contributed by atoms with E-state index in [1.54, 1.807) is 0 Å². The maximum atomic E-state index is 12.4. The zero-order chi connectivity index (χ0) is 40.0. The molecule has 0 aromatic rings. The molecule has 0 aromatic heterocycles. The van der Waals surface area contributed by atoms with E-state index in [1.165, 1.54) is 238 Å². The van der Waals surface area contributed by atoms with Crippen molar-refractivity contribution in [1.82, 2.24) is 5.32 Å². The number of nitrogens with one attached hydrogen (secondary N) is 1. The molecule has 4 heteroatoms. The molecule has 328 valence electrons. The van der Waals surface area contributed by atoms with Gasteiger partial charge in [0.25, 0.3) is 0 Å². The Morgan fingerprint density at radius 3 is 1.00 bits per heavy atom. The third kappa shape index (κ3) is 44.1. The van der Waals surface area contributed by atoms with Crippen molar-refractivity contribution in [2.24, 2.45) is 0 Å². The molecule has 2 atom stereocenters. The van der Waals surface area contributed by atoms with Gasteiger partial charge in [0.15, 0.2) is 0 Å². The molecular formula is C51H101NO3. The highest BCUT2D eigenvalue weighted by Crippen LogP contribution is 2.17. The number of rotatable bonds is 47. The van der Waals surface area contributed by atoms with E-state index in [0.717, 1.165) is 25.7 Å². The van der Waals surface area contributed by atoms with Crippen molar-refractivity contribution >= 4 is 5.91 Å². The van der Waals surface area contributed by atoms with Crippen molar-refractivity contribution in [3.8, 4) is 0 Å². The molecule has 0 rings (SSSR count). The Labute approximate surface area is 346 Å². The van der Waals surface area contributed by atoms with E-state index in [2.05, 4.69) is 31.3 Å². The highest BCUT2D eigenvalue weighted by atomic mass is 16.3. The van der Waals surface area contributed by atoms with Gasteiger partial charge in [0, 0.05) is 6.42 Å². The first-order chi connectivity index (χ1) is 27.2. The van der Waals surface area contributed by atoms with Crippen molar-refractivity contribution < 1.29 is 15.0 Å². The zero-order valence-corrected chi connectivity index (χ0v) is 37.7. The van der Waals surface area contributed by atoms with Gasteiger partial charge in [-0.3, -0.25) is 4.79 Å². The zero-order valence-electron chi connectivity index (χ0n) is 37.7. The van der Waals surface area contributed by atoms with Gasteiger partial charge >= 0.3 is 0 Å². The second-order valence-corrected chi connectivity index (χ2v) is 17.6. The Hall–Kier alpha value is -0.870. The second-order valence-electron chi connectivity index (χ2n) is 17.6. The summed E-state index contributed by atoms with van der Waals surface area (Å²) in [6, 6.07) is -0.536.